The molecule has 0 unspecified atom stereocenters. The fraction of sp³-hybridized carbons (Fsp3) is 0.200. The van der Waals surface area contributed by atoms with Crippen LogP contribution in [-0.2, 0) is 16.0 Å². The van der Waals surface area contributed by atoms with Crippen molar-refractivity contribution in [1.29, 1.82) is 0 Å². The van der Waals surface area contributed by atoms with Crippen LogP contribution in [0.4, 0.5) is 0 Å². The Kier molecular flexibility index (Phi) is 3.84. The number of carbonyl (C=O) groups excluding carboxylic acids is 2. The molecule has 0 radical (unpaired) electrons. The third kappa shape index (κ3) is 2.57. The Balaban J connectivity index is 1.65. The first kappa shape index (κ1) is 18.0. The SMILES string of the molecule is Cc1ccc([C@H]2Cc3c(c4ccccc4n3-c3ncccn3)[C@H]3C(=O)NC(=O)[C@@H]23)cc1. The molecule has 6 rings (SSSR count). The van der Waals surface area contributed by atoms with Gasteiger partial charge in [-0.05, 0) is 36.6 Å². The van der Waals surface area contributed by atoms with Crippen LogP contribution in [0.3, 0.4) is 0 Å². The maximum atomic E-state index is 13.0. The topological polar surface area (TPSA) is 76.9 Å². The van der Waals surface area contributed by atoms with Gasteiger partial charge in [-0.1, -0.05) is 48.0 Å². The summed E-state index contributed by atoms with van der Waals surface area (Å²) in [5.74, 6) is -0.859. The molecule has 2 aromatic carbocycles. The molecule has 1 aliphatic carbocycles. The van der Waals surface area contributed by atoms with Crippen molar-refractivity contribution in [3.63, 3.8) is 0 Å². The number of hydrogen-bond donors (Lipinski definition) is 1. The Morgan fingerprint density at radius 3 is 2.45 bits per heavy atom. The number of hydrogen-bond acceptors (Lipinski definition) is 4. The largest absolute Gasteiger partial charge is 0.296 e. The van der Waals surface area contributed by atoms with Crippen molar-refractivity contribution in [3.8, 4) is 5.95 Å². The monoisotopic (exact) mass is 408 g/mol. The predicted octanol–water partition coefficient (Wildman–Crippen LogP) is 3.43. The van der Waals surface area contributed by atoms with Gasteiger partial charge in [-0.2, -0.15) is 0 Å². The lowest BCUT2D eigenvalue weighted by Crippen LogP contribution is -2.31. The minimum absolute atomic E-state index is 0.101. The van der Waals surface area contributed by atoms with Gasteiger partial charge in [-0.15, -0.1) is 0 Å². The number of aromatic nitrogens is 3. The summed E-state index contributed by atoms with van der Waals surface area (Å²) in [4.78, 5) is 34.9. The Labute approximate surface area is 179 Å². The van der Waals surface area contributed by atoms with Crippen LogP contribution in [0.2, 0.25) is 0 Å². The summed E-state index contributed by atoms with van der Waals surface area (Å²) in [6.45, 7) is 2.04. The van der Waals surface area contributed by atoms with Gasteiger partial charge in [0.05, 0.1) is 17.4 Å². The number of para-hydroxylation sites is 1. The average Bonchev–Trinajstić information content (AvgIpc) is 3.28. The zero-order chi connectivity index (χ0) is 21.1. The average molecular weight is 408 g/mol. The van der Waals surface area contributed by atoms with Crippen LogP contribution in [-0.4, -0.2) is 26.3 Å². The van der Waals surface area contributed by atoms with Crippen molar-refractivity contribution >= 4 is 22.7 Å². The maximum absolute atomic E-state index is 13.0. The van der Waals surface area contributed by atoms with Gasteiger partial charge in [0.25, 0.3) is 0 Å². The third-order valence-corrected chi connectivity index (χ3v) is 6.62. The lowest BCUT2D eigenvalue weighted by Gasteiger charge is -2.32. The van der Waals surface area contributed by atoms with Gasteiger partial charge in [0.15, 0.2) is 0 Å². The quantitative estimate of drug-likeness (QED) is 0.516. The molecule has 1 aliphatic heterocycles. The molecule has 3 heterocycles. The zero-order valence-corrected chi connectivity index (χ0v) is 16.9. The van der Waals surface area contributed by atoms with E-state index in [0.717, 1.165) is 33.3 Å². The minimum Gasteiger partial charge on any atom is -0.296 e. The molecule has 3 atom stereocenters. The van der Waals surface area contributed by atoms with Crippen molar-refractivity contribution in [3.05, 3.63) is 89.4 Å². The van der Waals surface area contributed by atoms with E-state index in [9.17, 15) is 9.59 Å². The van der Waals surface area contributed by atoms with E-state index >= 15 is 0 Å². The van der Waals surface area contributed by atoms with E-state index in [4.69, 9.17) is 0 Å². The van der Waals surface area contributed by atoms with Crippen molar-refractivity contribution in [2.75, 3.05) is 0 Å². The summed E-state index contributed by atoms with van der Waals surface area (Å²) < 4.78 is 2.05. The Bertz CT molecular complexity index is 1340. The lowest BCUT2D eigenvalue weighted by atomic mass is 9.69. The second-order valence-electron chi connectivity index (χ2n) is 8.34. The van der Waals surface area contributed by atoms with Gasteiger partial charge in [-0.25, -0.2) is 9.97 Å². The van der Waals surface area contributed by atoms with Crippen LogP contribution < -0.4 is 5.32 Å². The van der Waals surface area contributed by atoms with Crippen LogP contribution in [0, 0.1) is 12.8 Å². The molecular formula is C25H20N4O2. The summed E-state index contributed by atoms with van der Waals surface area (Å²) >= 11 is 0. The molecule has 152 valence electrons. The van der Waals surface area contributed by atoms with E-state index in [2.05, 4.69) is 44.1 Å². The molecule has 0 saturated carbocycles. The van der Waals surface area contributed by atoms with Crippen molar-refractivity contribution in [1.82, 2.24) is 19.9 Å². The number of benzene rings is 2. The zero-order valence-electron chi connectivity index (χ0n) is 16.9. The highest BCUT2D eigenvalue weighted by Gasteiger charge is 2.52. The number of imide groups is 1. The van der Waals surface area contributed by atoms with E-state index in [1.165, 1.54) is 0 Å². The first-order chi connectivity index (χ1) is 15.1. The second kappa shape index (κ2) is 6.60. The number of nitrogens with one attached hydrogen (secondary N) is 1. The van der Waals surface area contributed by atoms with Gasteiger partial charge < -0.3 is 0 Å². The molecule has 0 spiro atoms. The first-order valence-corrected chi connectivity index (χ1v) is 10.4. The molecule has 2 aromatic heterocycles. The van der Waals surface area contributed by atoms with E-state index in [1.807, 2.05) is 31.2 Å². The number of rotatable bonds is 2. The van der Waals surface area contributed by atoms with E-state index in [-0.39, 0.29) is 17.7 Å². The molecule has 4 aromatic rings. The third-order valence-electron chi connectivity index (χ3n) is 6.62. The van der Waals surface area contributed by atoms with Crippen LogP contribution in [0.5, 0.6) is 0 Å². The van der Waals surface area contributed by atoms with Crippen molar-refractivity contribution < 1.29 is 9.59 Å². The summed E-state index contributed by atoms with van der Waals surface area (Å²) in [6.07, 6.45) is 4.07. The van der Waals surface area contributed by atoms with Crippen LogP contribution in [0.25, 0.3) is 16.9 Å². The molecular weight excluding hydrogens is 388 g/mol. The summed E-state index contributed by atoms with van der Waals surface area (Å²) in [7, 11) is 0. The highest BCUT2D eigenvalue weighted by molar-refractivity contribution is 6.10. The van der Waals surface area contributed by atoms with Crippen molar-refractivity contribution in [2.45, 2.75) is 25.2 Å². The van der Waals surface area contributed by atoms with Crippen molar-refractivity contribution in [2.24, 2.45) is 5.92 Å². The summed E-state index contributed by atoms with van der Waals surface area (Å²) in [5.41, 5.74) is 5.12. The van der Waals surface area contributed by atoms with Crippen LogP contribution >= 0.6 is 0 Å². The molecule has 1 saturated heterocycles. The molecule has 2 aliphatic rings. The van der Waals surface area contributed by atoms with Gasteiger partial charge in [-0.3, -0.25) is 19.5 Å². The van der Waals surface area contributed by atoms with Gasteiger partial charge in [0.1, 0.15) is 0 Å². The molecule has 0 bridgehead atoms. The Hall–Kier alpha value is -3.80. The normalized spacial score (nSPS) is 22.3. The standard InChI is InChI=1S/C25H20N4O2/c1-14-7-9-15(10-8-14)17-13-19-20(22-21(17)23(30)28-24(22)31)16-5-2-3-6-18(16)29(19)25-26-11-4-12-27-25/h2-12,17,21-22H,13H2,1H3,(H,28,30,31)/t17-,21+,22-/m1/s1. The van der Waals surface area contributed by atoms with E-state index < -0.39 is 11.8 Å². The predicted molar refractivity (Wildman–Crippen MR) is 116 cm³/mol. The smallest absolute Gasteiger partial charge is 0.235 e. The Morgan fingerprint density at radius 1 is 0.935 bits per heavy atom. The van der Waals surface area contributed by atoms with Crippen LogP contribution in [0.1, 0.15) is 34.2 Å². The minimum atomic E-state index is -0.516. The number of nitrogens with zero attached hydrogens (tertiary/aromatic N) is 3. The fourth-order valence-electron chi connectivity index (χ4n) is 5.30. The number of aryl methyl sites for hydroxylation is 1. The van der Waals surface area contributed by atoms with Gasteiger partial charge in [0.2, 0.25) is 17.8 Å². The van der Waals surface area contributed by atoms with Crippen LogP contribution in [0.15, 0.2) is 67.0 Å². The molecule has 2 amide bonds. The lowest BCUT2D eigenvalue weighted by molar-refractivity contribution is -0.126. The van der Waals surface area contributed by atoms with E-state index in [1.54, 1.807) is 18.5 Å². The first-order valence-electron chi connectivity index (χ1n) is 10.4. The fourth-order valence-corrected chi connectivity index (χ4v) is 5.30. The molecule has 1 N–H and O–H groups in total. The maximum Gasteiger partial charge on any atom is 0.235 e. The summed E-state index contributed by atoms with van der Waals surface area (Å²) in [6, 6.07) is 18.0. The Morgan fingerprint density at radius 2 is 1.68 bits per heavy atom. The van der Waals surface area contributed by atoms with E-state index in [0.29, 0.717) is 12.4 Å². The highest BCUT2D eigenvalue weighted by atomic mass is 16.2. The second-order valence-corrected chi connectivity index (χ2v) is 8.34. The molecule has 6 nitrogen and oxygen atoms in total. The van der Waals surface area contributed by atoms with Gasteiger partial charge in [0, 0.05) is 29.4 Å². The number of fused-ring (bicyclic) bond motifs is 5. The van der Waals surface area contributed by atoms with Gasteiger partial charge >= 0.3 is 0 Å². The summed E-state index contributed by atoms with van der Waals surface area (Å²) in [5, 5.41) is 3.59. The number of amides is 2. The highest BCUT2D eigenvalue weighted by Crippen LogP contribution is 2.50. The molecule has 31 heavy (non-hydrogen) atoms. The molecule has 1 fully saturated rings. The molecule has 6 heteroatoms. The number of carbonyl (C=O) groups is 2.